The van der Waals surface area contributed by atoms with Gasteiger partial charge in [0.15, 0.2) is 0 Å². The van der Waals surface area contributed by atoms with Gasteiger partial charge < -0.3 is 20.3 Å². The zero-order valence-electron chi connectivity index (χ0n) is 20.1. The molecule has 1 fully saturated rings. The van der Waals surface area contributed by atoms with Gasteiger partial charge in [-0.05, 0) is 41.8 Å². The highest BCUT2D eigenvalue weighted by Crippen LogP contribution is 2.23. The molecule has 188 valence electrons. The van der Waals surface area contributed by atoms with Crippen LogP contribution in [0.25, 0.3) is 0 Å². The van der Waals surface area contributed by atoms with Gasteiger partial charge in [-0.2, -0.15) is 0 Å². The molecule has 7 nitrogen and oxygen atoms in total. The van der Waals surface area contributed by atoms with Gasteiger partial charge in [-0.3, -0.25) is 14.4 Å². The van der Waals surface area contributed by atoms with Crippen molar-refractivity contribution in [1.82, 2.24) is 15.5 Å². The molecule has 3 amide bonds. The monoisotopic (exact) mass is 505 g/mol. The highest BCUT2D eigenvalue weighted by atomic mass is 32.1. The fraction of sp³-hybridized carbons (Fsp3) is 0.321. The number of carbonyl (C=O) groups excluding carboxylic acids is 3. The summed E-state index contributed by atoms with van der Waals surface area (Å²) >= 11 is 1.31. The van der Waals surface area contributed by atoms with Gasteiger partial charge in [-0.25, -0.2) is 0 Å². The van der Waals surface area contributed by atoms with E-state index in [-0.39, 0.29) is 30.4 Å². The maximum atomic E-state index is 13.5. The minimum absolute atomic E-state index is 0.0103. The molecule has 0 radical (unpaired) electrons. The third-order valence-corrected chi connectivity index (χ3v) is 7.02. The molecule has 8 heteroatoms. The summed E-state index contributed by atoms with van der Waals surface area (Å²) in [5, 5.41) is 7.53. The lowest BCUT2D eigenvalue weighted by molar-refractivity contribution is -0.140. The minimum Gasteiger partial charge on any atom is -0.376 e. The van der Waals surface area contributed by atoms with E-state index in [1.807, 2.05) is 66.0 Å². The zero-order valence-corrected chi connectivity index (χ0v) is 20.9. The van der Waals surface area contributed by atoms with Crippen LogP contribution in [0.3, 0.4) is 0 Å². The first-order valence-electron chi connectivity index (χ1n) is 12.2. The number of thiophene rings is 1. The maximum absolute atomic E-state index is 13.5. The molecular formula is C28H31N3O4S. The summed E-state index contributed by atoms with van der Waals surface area (Å²) < 4.78 is 5.66. The van der Waals surface area contributed by atoms with Crippen LogP contribution in [-0.4, -0.2) is 55.0 Å². The van der Waals surface area contributed by atoms with Crippen molar-refractivity contribution in [2.24, 2.45) is 0 Å². The van der Waals surface area contributed by atoms with Gasteiger partial charge in [0.1, 0.15) is 6.04 Å². The Labute approximate surface area is 215 Å². The van der Waals surface area contributed by atoms with Crippen molar-refractivity contribution >= 4 is 29.1 Å². The van der Waals surface area contributed by atoms with Crippen LogP contribution >= 0.6 is 11.3 Å². The Morgan fingerprint density at radius 2 is 1.72 bits per heavy atom. The van der Waals surface area contributed by atoms with Crippen LogP contribution in [0.2, 0.25) is 0 Å². The first kappa shape index (κ1) is 25.6. The van der Waals surface area contributed by atoms with Gasteiger partial charge in [-0.15, -0.1) is 11.3 Å². The molecule has 1 aliphatic rings. The summed E-state index contributed by atoms with van der Waals surface area (Å²) in [4.78, 5) is 41.6. The molecule has 2 aromatic carbocycles. The Balaban J connectivity index is 1.54. The quantitative estimate of drug-likeness (QED) is 0.417. The summed E-state index contributed by atoms with van der Waals surface area (Å²) in [5.41, 5.74) is 1.78. The molecule has 2 heterocycles. The van der Waals surface area contributed by atoms with E-state index in [0.29, 0.717) is 36.6 Å². The van der Waals surface area contributed by atoms with Gasteiger partial charge in [0.25, 0.3) is 5.91 Å². The summed E-state index contributed by atoms with van der Waals surface area (Å²) in [6.07, 6.45) is 2.45. The number of carbonyl (C=O) groups is 3. The average molecular weight is 506 g/mol. The van der Waals surface area contributed by atoms with Crippen LogP contribution in [0.5, 0.6) is 0 Å². The number of hydrogen-bond donors (Lipinski definition) is 2. The normalized spacial score (nSPS) is 15.7. The largest absolute Gasteiger partial charge is 0.376 e. The summed E-state index contributed by atoms with van der Waals surface area (Å²) in [6, 6.07) is 21.8. The first-order valence-corrected chi connectivity index (χ1v) is 13.1. The highest BCUT2D eigenvalue weighted by molar-refractivity contribution is 7.12. The second-order valence-electron chi connectivity index (χ2n) is 8.68. The molecule has 0 unspecified atom stereocenters. The molecule has 4 rings (SSSR count). The molecule has 36 heavy (non-hydrogen) atoms. The van der Waals surface area contributed by atoms with E-state index >= 15 is 0 Å². The number of nitrogens with zero attached hydrogens (tertiary/aromatic N) is 1. The fourth-order valence-corrected chi connectivity index (χ4v) is 4.91. The van der Waals surface area contributed by atoms with Crippen molar-refractivity contribution in [3.63, 3.8) is 0 Å². The van der Waals surface area contributed by atoms with Crippen LogP contribution in [-0.2, 0) is 20.7 Å². The number of benzene rings is 2. The second kappa shape index (κ2) is 13.0. The second-order valence-corrected chi connectivity index (χ2v) is 9.62. The van der Waals surface area contributed by atoms with Crippen LogP contribution < -0.4 is 10.6 Å². The smallest absolute Gasteiger partial charge is 0.261 e. The molecule has 0 aliphatic carbocycles. The van der Waals surface area contributed by atoms with Crippen molar-refractivity contribution < 1.29 is 19.1 Å². The van der Waals surface area contributed by atoms with E-state index < -0.39 is 6.04 Å². The molecule has 0 saturated carbocycles. The summed E-state index contributed by atoms with van der Waals surface area (Å²) in [6.45, 7) is 1.23. The SMILES string of the molecule is O=C(NCC(=O)N(CCc1ccccc1)[C@@H](C(=O)NC[C@@H]1CCCO1)c1ccccc1)c1cccs1. The van der Waals surface area contributed by atoms with Gasteiger partial charge in [-0.1, -0.05) is 66.7 Å². The van der Waals surface area contributed by atoms with Crippen LogP contribution in [0.1, 0.15) is 39.7 Å². The average Bonchev–Trinajstić information content (AvgIpc) is 3.64. The Morgan fingerprint density at radius 1 is 0.972 bits per heavy atom. The van der Waals surface area contributed by atoms with E-state index in [2.05, 4.69) is 10.6 Å². The molecule has 1 aromatic heterocycles. The predicted molar refractivity (Wildman–Crippen MR) is 140 cm³/mol. The van der Waals surface area contributed by atoms with E-state index in [9.17, 15) is 14.4 Å². The van der Waals surface area contributed by atoms with Crippen LogP contribution in [0.15, 0.2) is 78.2 Å². The third kappa shape index (κ3) is 7.02. The number of amides is 3. The standard InChI is InChI=1S/C28H31N3O4S/c32-25(20-30-27(33)24-14-8-18-36-24)31(16-15-21-9-3-1-4-10-21)26(22-11-5-2-6-12-22)28(34)29-19-23-13-7-17-35-23/h1-6,8-12,14,18,23,26H,7,13,15-17,19-20H2,(H,29,34)(H,30,33)/t23-,26+/m0/s1. The van der Waals surface area contributed by atoms with Gasteiger partial charge >= 0.3 is 0 Å². The van der Waals surface area contributed by atoms with E-state index in [1.54, 1.807) is 17.0 Å². The molecule has 2 atom stereocenters. The lowest BCUT2D eigenvalue weighted by atomic mass is 10.0. The topological polar surface area (TPSA) is 87.7 Å². The Morgan fingerprint density at radius 3 is 2.39 bits per heavy atom. The van der Waals surface area contributed by atoms with Crippen molar-refractivity contribution in [2.45, 2.75) is 31.4 Å². The van der Waals surface area contributed by atoms with Crippen molar-refractivity contribution in [3.8, 4) is 0 Å². The number of rotatable bonds is 11. The number of nitrogens with one attached hydrogen (secondary N) is 2. The Hall–Kier alpha value is -3.49. The number of hydrogen-bond acceptors (Lipinski definition) is 5. The van der Waals surface area contributed by atoms with Crippen molar-refractivity contribution in [3.05, 3.63) is 94.2 Å². The molecule has 1 aliphatic heterocycles. The lowest BCUT2D eigenvalue weighted by Crippen LogP contribution is -2.49. The Kier molecular flexibility index (Phi) is 9.24. The highest BCUT2D eigenvalue weighted by Gasteiger charge is 2.32. The first-order chi connectivity index (χ1) is 17.6. The van der Waals surface area contributed by atoms with Gasteiger partial charge in [0.05, 0.1) is 17.5 Å². The van der Waals surface area contributed by atoms with Crippen LogP contribution in [0.4, 0.5) is 0 Å². The third-order valence-electron chi connectivity index (χ3n) is 6.15. The fourth-order valence-electron chi connectivity index (χ4n) is 4.27. The molecule has 0 bridgehead atoms. The predicted octanol–water partition coefficient (Wildman–Crippen LogP) is 3.59. The summed E-state index contributed by atoms with van der Waals surface area (Å²) in [5.74, 6) is -0.889. The molecule has 0 spiro atoms. The molecule has 2 N–H and O–H groups in total. The zero-order chi connectivity index (χ0) is 25.2. The van der Waals surface area contributed by atoms with Gasteiger partial charge in [0.2, 0.25) is 11.8 Å². The minimum atomic E-state index is -0.831. The van der Waals surface area contributed by atoms with Crippen LogP contribution in [0, 0.1) is 0 Å². The maximum Gasteiger partial charge on any atom is 0.261 e. The van der Waals surface area contributed by atoms with E-state index in [1.165, 1.54) is 11.3 Å². The molecule has 1 saturated heterocycles. The van der Waals surface area contributed by atoms with Gasteiger partial charge in [0, 0.05) is 19.7 Å². The van der Waals surface area contributed by atoms with E-state index in [0.717, 1.165) is 18.4 Å². The van der Waals surface area contributed by atoms with Crippen molar-refractivity contribution in [2.75, 3.05) is 26.2 Å². The van der Waals surface area contributed by atoms with E-state index in [4.69, 9.17) is 4.74 Å². The molecular weight excluding hydrogens is 474 g/mol. The molecule has 3 aromatic rings. The van der Waals surface area contributed by atoms with Crippen molar-refractivity contribution in [1.29, 1.82) is 0 Å². The number of ether oxygens (including phenoxy) is 1. The Bertz CT molecular complexity index is 1120. The summed E-state index contributed by atoms with van der Waals surface area (Å²) in [7, 11) is 0. The lowest BCUT2D eigenvalue weighted by Gasteiger charge is -2.32.